The van der Waals surface area contributed by atoms with Crippen molar-refractivity contribution in [3.8, 4) is 28.1 Å². The lowest BCUT2D eigenvalue weighted by molar-refractivity contribution is 0.101. The molecule has 2 heterocycles. The van der Waals surface area contributed by atoms with Gasteiger partial charge in [-0.25, -0.2) is 4.98 Å². The molecule has 0 saturated heterocycles. The number of nitrogens with zero attached hydrogens (tertiary/aromatic N) is 2. The van der Waals surface area contributed by atoms with Gasteiger partial charge in [-0.15, -0.1) is 0 Å². The Balaban J connectivity index is 1.82. The van der Waals surface area contributed by atoms with Gasteiger partial charge in [0.15, 0.2) is 11.5 Å². The molecule has 0 bridgehead atoms. The van der Waals surface area contributed by atoms with Gasteiger partial charge in [0.1, 0.15) is 5.69 Å². The molecule has 0 radical (unpaired) electrons. The molecular formula is C25H22N2O2. The van der Waals surface area contributed by atoms with Crippen molar-refractivity contribution < 1.29 is 9.53 Å². The van der Waals surface area contributed by atoms with E-state index in [1.54, 1.807) is 19.5 Å². The fourth-order valence-corrected chi connectivity index (χ4v) is 3.59. The van der Waals surface area contributed by atoms with Crippen LogP contribution in [0.5, 0.6) is 5.75 Å². The highest BCUT2D eigenvalue weighted by Crippen LogP contribution is 2.36. The predicted octanol–water partition coefficient (Wildman–Crippen LogP) is 5.74. The summed E-state index contributed by atoms with van der Waals surface area (Å²) in [5.74, 6) is 0.411. The van der Waals surface area contributed by atoms with Crippen LogP contribution in [0.15, 0.2) is 67.0 Å². The zero-order valence-corrected chi connectivity index (χ0v) is 16.8. The van der Waals surface area contributed by atoms with Gasteiger partial charge in [-0.3, -0.25) is 9.78 Å². The van der Waals surface area contributed by atoms with Gasteiger partial charge >= 0.3 is 0 Å². The van der Waals surface area contributed by atoms with Crippen LogP contribution < -0.4 is 4.74 Å². The van der Waals surface area contributed by atoms with E-state index in [0.29, 0.717) is 22.4 Å². The van der Waals surface area contributed by atoms with Crippen LogP contribution in [0.2, 0.25) is 0 Å². The summed E-state index contributed by atoms with van der Waals surface area (Å²) in [7, 11) is 1.57. The SMILES string of the molecule is CCc1ccc(-c2ccc(-c3nc4ccncc4c(C(C)=O)c3OC)cc2)cc1. The van der Waals surface area contributed by atoms with Crippen LogP contribution in [0.1, 0.15) is 29.8 Å². The number of fused-ring (bicyclic) bond motifs is 1. The summed E-state index contributed by atoms with van der Waals surface area (Å²) in [6.07, 6.45) is 4.37. The molecule has 0 amide bonds. The van der Waals surface area contributed by atoms with Crippen LogP contribution in [-0.2, 0) is 6.42 Å². The summed E-state index contributed by atoms with van der Waals surface area (Å²) in [5, 5.41) is 0.702. The summed E-state index contributed by atoms with van der Waals surface area (Å²) in [6.45, 7) is 3.69. The Morgan fingerprint density at radius 2 is 1.55 bits per heavy atom. The Labute approximate surface area is 170 Å². The number of aryl methyl sites for hydroxylation is 1. The molecule has 4 rings (SSSR count). The topological polar surface area (TPSA) is 52.1 Å². The van der Waals surface area contributed by atoms with Crippen molar-refractivity contribution in [1.82, 2.24) is 9.97 Å². The van der Waals surface area contributed by atoms with E-state index in [-0.39, 0.29) is 5.78 Å². The summed E-state index contributed by atoms with van der Waals surface area (Å²) in [5.41, 5.74) is 6.41. The van der Waals surface area contributed by atoms with Crippen LogP contribution in [0.25, 0.3) is 33.3 Å². The van der Waals surface area contributed by atoms with Crippen LogP contribution in [0, 0.1) is 0 Å². The van der Waals surface area contributed by atoms with Gasteiger partial charge in [0.2, 0.25) is 0 Å². The first-order chi connectivity index (χ1) is 14.1. The molecule has 0 atom stereocenters. The molecule has 4 heteroatoms. The minimum atomic E-state index is -0.0730. The highest BCUT2D eigenvalue weighted by Gasteiger charge is 2.20. The van der Waals surface area contributed by atoms with Crippen molar-refractivity contribution in [2.45, 2.75) is 20.3 Å². The van der Waals surface area contributed by atoms with Crippen LogP contribution in [0.3, 0.4) is 0 Å². The Morgan fingerprint density at radius 1 is 0.931 bits per heavy atom. The van der Waals surface area contributed by atoms with Gasteiger partial charge in [0.25, 0.3) is 0 Å². The number of ether oxygens (including phenoxy) is 1. The number of aromatic nitrogens is 2. The molecule has 0 N–H and O–H groups in total. The highest BCUT2D eigenvalue weighted by atomic mass is 16.5. The molecule has 4 aromatic rings. The summed E-state index contributed by atoms with van der Waals surface area (Å²) < 4.78 is 5.63. The summed E-state index contributed by atoms with van der Waals surface area (Å²) in [4.78, 5) is 21.3. The molecule has 0 fully saturated rings. The van der Waals surface area contributed by atoms with Crippen molar-refractivity contribution in [3.63, 3.8) is 0 Å². The monoisotopic (exact) mass is 382 g/mol. The lowest BCUT2D eigenvalue weighted by Crippen LogP contribution is -2.03. The molecule has 0 aliphatic carbocycles. The number of carbonyl (C=O) groups excluding carboxylic acids is 1. The fraction of sp³-hybridized carbons (Fsp3) is 0.160. The first-order valence-electron chi connectivity index (χ1n) is 9.64. The van der Waals surface area contributed by atoms with E-state index >= 15 is 0 Å². The van der Waals surface area contributed by atoms with Gasteiger partial charge in [0.05, 0.1) is 18.2 Å². The minimum absolute atomic E-state index is 0.0730. The van der Waals surface area contributed by atoms with Crippen molar-refractivity contribution >= 4 is 16.7 Å². The van der Waals surface area contributed by atoms with Gasteiger partial charge in [0, 0.05) is 23.3 Å². The standard InChI is InChI=1S/C25H22N2O2/c1-4-17-5-7-18(8-6-17)19-9-11-20(12-10-19)24-25(29-3)23(16(2)28)21-15-26-14-13-22(21)27-24/h5-15H,4H2,1-3H3. The summed E-state index contributed by atoms with van der Waals surface area (Å²) in [6, 6.07) is 18.6. The Hall–Kier alpha value is -3.53. The molecule has 0 unspecified atom stereocenters. The third kappa shape index (κ3) is 3.49. The largest absolute Gasteiger partial charge is 0.494 e. The smallest absolute Gasteiger partial charge is 0.164 e. The second kappa shape index (κ2) is 7.84. The fourth-order valence-electron chi connectivity index (χ4n) is 3.59. The van der Waals surface area contributed by atoms with Crippen molar-refractivity contribution in [2.75, 3.05) is 7.11 Å². The van der Waals surface area contributed by atoms with Gasteiger partial charge in [-0.2, -0.15) is 0 Å². The van der Waals surface area contributed by atoms with Crippen LogP contribution in [0.4, 0.5) is 0 Å². The van der Waals surface area contributed by atoms with E-state index in [9.17, 15) is 4.79 Å². The number of Topliss-reactive ketones (excluding diaryl/α,β-unsaturated/α-hetero) is 1. The van der Waals surface area contributed by atoms with Crippen LogP contribution in [-0.4, -0.2) is 22.9 Å². The molecular weight excluding hydrogens is 360 g/mol. The number of benzene rings is 2. The van der Waals surface area contributed by atoms with Crippen molar-refractivity contribution in [3.05, 3.63) is 78.1 Å². The lowest BCUT2D eigenvalue weighted by atomic mass is 9.98. The minimum Gasteiger partial charge on any atom is -0.494 e. The van der Waals surface area contributed by atoms with Crippen LogP contribution >= 0.6 is 0 Å². The number of ketones is 1. The number of hydrogen-bond acceptors (Lipinski definition) is 4. The van der Waals surface area contributed by atoms with Gasteiger partial charge in [-0.1, -0.05) is 55.5 Å². The van der Waals surface area contributed by atoms with E-state index in [2.05, 4.69) is 48.3 Å². The highest BCUT2D eigenvalue weighted by molar-refractivity contribution is 6.10. The van der Waals surface area contributed by atoms with E-state index in [1.807, 2.05) is 18.2 Å². The molecule has 2 aromatic carbocycles. The molecule has 0 spiro atoms. The molecule has 29 heavy (non-hydrogen) atoms. The molecule has 144 valence electrons. The van der Waals surface area contributed by atoms with Gasteiger partial charge in [-0.05, 0) is 36.1 Å². The Morgan fingerprint density at radius 3 is 2.14 bits per heavy atom. The van der Waals surface area contributed by atoms with E-state index in [4.69, 9.17) is 9.72 Å². The molecule has 2 aromatic heterocycles. The predicted molar refractivity (Wildman–Crippen MR) is 116 cm³/mol. The zero-order chi connectivity index (χ0) is 20.4. The lowest BCUT2D eigenvalue weighted by Gasteiger charge is -2.14. The maximum atomic E-state index is 12.4. The Bertz CT molecular complexity index is 1180. The molecule has 0 aliphatic heterocycles. The van der Waals surface area contributed by atoms with E-state index in [0.717, 1.165) is 23.1 Å². The number of carbonyl (C=O) groups is 1. The average Bonchev–Trinajstić information content (AvgIpc) is 2.77. The molecule has 0 saturated carbocycles. The number of rotatable bonds is 5. The summed E-state index contributed by atoms with van der Waals surface area (Å²) >= 11 is 0. The van der Waals surface area contributed by atoms with Gasteiger partial charge < -0.3 is 4.74 Å². The maximum Gasteiger partial charge on any atom is 0.164 e. The first kappa shape index (κ1) is 18.8. The second-order valence-electron chi connectivity index (χ2n) is 6.95. The normalized spacial score (nSPS) is 10.9. The maximum absolute atomic E-state index is 12.4. The number of hydrogen-bond donors (Lipinski definition) is 0. The Kier molecular flexibility index (Phi) is 5.09. The average molecular weight is 382 g/mol. The quantitative estimate of drug-likeness (QED) is 0.413. The van der Waals surface area contributed by atoms with E-state index < -0.39 is 0 Å². The van der Waals surface area contributed by atoms with Crippen molar-refractivity contribution in [1.29, 1.82) is 0 Å². The first-order valence-corrected chi connectivity index (χ1v) is 9.64. The van der Waals surface area contributed by atoms with Crippen molar-refractivity contribution in [2.24, 2.45) is 0 Å². The third-order valence-electron chi connectivity index (χ3n) is 5.15. The third-order valence-corrected chi connectivity index (χ3v) is 5.15. The van der Waals surface area contributed by atoms with E-state index in [1.165, 1.54) is 18.1 Å². The number of pyridine rings is 2. The molecule has 4 nitrogen and oxygen atoms in total. The zero-order valence-electron chi connectivity index (χ0n) is 16.8. The number of methoxy groups -OCH3 is 1. The second-order valence-corrected chi connectivity index (χ2v) is 6.95. The molecule has 0 aliphatic rings.